The fourth-order valence-electron chi connectivity index (χ4n) is 4.14. The molecular weight excluding hydrogens is 422 g/mol. The number of hydrogen-bond acceptors (Lipinski definition) is 3. The SMILES string of the molecule is CCCCCCCCCCCNC(=O)c1cccc(C(=O)NCCCCCCCCCCC)n1. The number of nitrogens with zero attached hydrogens (tertiary/aromatic N) is 1. The van der Waals surface area contributed by atoms with Crippen molar-refractivity contribution in [1.82, 2.24) is 15.6 Å². The number of carbonyl (C=O) groups excluding carboxylic acids is 2. The van der Waals surface area contributed by atoms with Gasteiger partial charge in [-0.3, -0.25) is 9.59 Å². The second kappa shape index (κ2) is 21.6. The highest BCUT2D eigenvalue weighted by molar-refractivity contribution is 5.96. The molecule has 0 fully saturated rings. The third-order valence-electron chi connectivity index (χ3n) is 6.35. The Labute approximate surface area is 209 Å². The summed E-state index contributed by atoms with van der Waals surface area (Å²) in [6, 6.07) is 5.07. The molecule has 0 saturated carbocycles. The summed E-state index contributed by atoms with van der Waals surface area (Å²) in [6.45, 7) is 5.80. The minimum absolute atomic E-state index is 0.201. The highest BCUT2D eigenvalue weighted by Crippen LogP contribution is 2.10. The van der Waals surface area contributed by atoms with Crippen molar-refractivity contribution in [3.05, 3.63) is 29.6 Å². The Kier molecular flexibility index (Phi) is 19.1. The maximum atomic E-state index is 12.4. The Hall–Kier alpha value is -1.91. The lowest BCUT2D eigenvalue weighted by molar-refractivity contribution is 0.0943. The molecule has 1 aromatic heterocycles. The maximum absolute atomic E-state index is 12.4. The first-order valence-electron chi connectivity index (χ1n) is 14.2. The topological polar surface area (TPSA) is 71.1 Å². The lowest BCUT2D eigenvalue weighted by Gasteiger charge is -2.08. The third-order valence-corrected chi connectivity index (χ3v) is 6.35. The van der Waals surface area contributed by atoms with E-state index in [0.29, 0.717) is 24.5 Å². The smallest absolute Gasteiger partial charge is 0.269 e. The highest BCUT2D eigenvalue weighted by atomic mass is 16.2. The molecule has 0 aliphatic rings. The van der Waals surface area contributed by atoms with E-state index in [2.05, 4.69) is 29.5 Å². The van der Waals surface area contributed by atoms with Crippen molar-refractivity contribution in [2.75, 3.05) is 13.1 Å². The van der Waals surface area contributed by atoms with Crippen molar-refractivity contribution in [3.8, 4) is 0 Å². The summed E-state index contributed by atoms with van der Waals surface area (Å²) in [6.07, 6.45) is 22.6. The van der Waals surface area contributed by atoms with Gasteiger partial charge in [0, 0.05) is 13.1 Å². The van der Waals surface area contributed by atoms with Crippen LogP contribution in [0.3, 0.4) is 0 Å². The molecule has 2 N–H and O–H groups in total. The molecule has 0 atom stereocenters. The van der Waals surface area contributed by atoms with Crippen LogP contribution in [0.25, 0.3) is 0 Å². The first-order chi connectivity index (χ1) is 16.7. The normalized spacial score (nSPS) is 10.9. The van der Waals surface area contributed by atoms with E-state index >= 15 is 0 Å². The van der Waals surface area contributed by atoms with E-state index in [0.717, 1.165) is 25.7 Å². The Morgan fingerprint density at radius 1 is 0.559 bits per heavy atom. The Morgan fingerprint density at radius 3 is 1.24 bits per heavy atom. The number of carbonyl (C=O) groups is 2. The van der Waals surface area contributed by atoms with Crippen LogP contribution in [0.2, 0.25) is 0 Å². The highest BCUT2D eigenvalue weighted by Gasteiger charge is 2.11. The van der Waals surface area contributed by atoms with Gasteiger partial charge in [-0.05, 0) is 25.0 Å². The number of pyridine rings is 1. The van der Waals surface area contributed by atoms with Crippen LogP contribution in [0.15, 0.2) is 18.2 Å². The number of aromatic nitrogens is 1. The molecule has 0 unspecified atom stereocenters. The average molecular weight is 474 g/mol. The number of nitrogens with one attached hydrogen (secondary N) is 2. The van der Waals surface area contributed by atoms with Crippen molar-refractivity contribution in [3.63, 3.8) is 0 Å². The summed E-state index contributed by atoms with van der Waals surface area (Å²) in [5.74, 6) is -0.402. The van der Waals surface area contributed by atoms with Gasteiger partial charge in [0.1, 0.15) is 11.4 Å². The van der Waals surface area contributed by atoms with Gasteiger partial charge in [0.2, 0.25) is 0 Å². The van der Waals surface area contributed by atoms with Gasteiger partial charge in [0.05, 0.1) is 0 Å². The van der Waals surface area contributed by atoms with Gasteiger partial charge in [-0.25, -0.2) is 4.98 Å². The first kappa shape index (κ1) is 30.1. The summed E-state index contributed by atoms with van der Waals surface area (Å²) in [5.41, 5.74) is 0.623. The zero-order valence-corrected chi connectivity index (χ0v) is 22.1. The van der Waals surface area contributed by atoms with Gasteiger partial charge >= 0.3 is 0 Å². The van der Waals surface area contributed by atoms with Crippen LogP contribution in [0.1, 0.15) is 150 Å². The molecule has 5 heteroatoms. The van der Waals surface area contributed by atoms with Crippen molar-refractivity contribution in [2.45, 2.75) is 129 Å². The van der Waals surface area contributed by atoms with Crippen LogP contribution in [0.5, 0.6) is 0 Å². The maximum Gasteiger partial charge on any atom is 0.269 e. The molecule has 0 aliphatic carbocycles. The van der Waals surface area contributed by atoms with Crippen molar-refractivity contribution in [2.24, 2.45) is 0 Å². The van der Waals surface area contributed by atoms with E-state index in [1.165, 1.54) is 89.9 Å². The fourth-order valence-corrected chi connectivity index (χ4v) is 4.14. The van der Waals surface area contributed by atoms with Crippen LogP contribution >= 0.6 is 0 Å². The molecule has 0 spiro atoms. The largest absolute Gasteiger partial charge is 0.351 e. The van der Waals surface area contributed by atoms with Gasteiger partial charge in [0.15, 0.2) is 0 Å². The van der Waals surface area contributed by atoms with Crippen molar-refractivity contribution in [1.29, 1.82) is 0 Å². The molecule has 0 aromatic carbocycles. The van der Waals surface area contributed by atoms with Gasteiger partial charge in [-0.15, -0.1) is 0 Å². The molecule has 2 amide bonds. The summed E-state index contributed by atoms with van der Waals surface area (Å²) in [5, 5.41) is 5.88. The van der Waals surface area contributed by atoms with E-state index < -0.39 is 0 Å². The average Bonchev–Trinajstić information content (AvgIpc) is 2.86. The van der Waals surface area contributed by atoms with E-state index in [-0.39, 0.29) is 11.8 Å². The molecule has 5 nitrogen and oxygen atoms in total. The van der Waals surface area contributed by atoms with Crippen LogP contribution < -0.4 is 10.6 Å². The number of amides is 2. The summed E-state index contributed by atoms with van der Waals surface area (Å²) >= 11 is 0. The van der Waals surface area contributed by atoms with Crippen LogP contribution in [-0.4, -0.2) is 29.9 Å². The Bertz CT molecular complexity index is 597. The lowest BCUT2D eigenvalue weighted by Crippen LogP contribution is -2.28. The minimum Gasteiger partial charge on any atom is -0.351 e. The monoisotopic (exact) mass is 473 g/mol. The summed E-state index contributed by atoms with van der Waals surface area (Å²) in [7, 11) is 0. The second-order valence-corrected chi connectivity index (χ2v) is 9.58. The molecule has 0 radical (unpaired) electrons. The quantitative estimate of drug-likeness (QED) is 0.170. The van der Waals surface area contributed by atoms with Gasteiger partial charge < -0.3 is 10.6 Å². The first-order valence-corrected chi connectivity index (χ1v) is 14.2. The molecule has 0 saturated heterocycles. The summed E-state index contributed by atoms with van der Waals surface area (Å²) in [4.78, 5) is 29.1. The third kappa shape index (κ3) is 15.8. The lowest BCUT2D eigenvalue weighted by atomic mass is 10.1. The fraction of sp³-hybridized carbons (Fsp3) is 0.759. The Morgan fingerprint density at radius 2 is 0.882 bits per heavy atom. The van der Waals surface area contributed by atoms with Crippen molar-refractivity contribution < 1.29 is 9.59 Å². The van der Waals surface area contributed by atoms with Crippen LogP contribution in [0.4, 0.5) is 0 Å². The van der Waals surface area contributed by atoms with Gasteiger partial charge in [-0.1, -0.05) is 123 Å². The predicted octanol–water partition coefficient (Wildman–Crippen LogP) is 7.60. The Balaban J connectivity index is 2.13. The zero-order chi connectivity index (χ0) is 24.7. The van der Waals surface area contributed by atoms with E-state index in [4.69, 9.17) is 0 Å². The second-order valence-electron chi connectivity index (χ2n) is 9.58. The van der Waals surface area contributed by atoms with E-state index in [9.17, 15) is 9.59 Å². The molecule has 1 heterocycles. The predicted molar refractivity (Wildman–Crippen MR) is 143 cm³/mol. The molecule has 1 aromatic rings. The van der Waals surface area contributed by atoms with Gasteiger partial charge in [-0.2, -0.15) is 0 Å². The summed E-state index contributed by atoms with van der Waals surface area (Å²) < 4.78 is 0. The minimum atomic E-state index is -0.201. The van der Waals surface area contributed by atoms with Crippen molar-refractivity contribution >= 4 is 11.8 Å². The standard InChI is InChI=1S/C29H51N3O2/c1-3-5-7-9-11-13-15-17-19-24-30-28(33)26-22-21-23-27(32-26)29(34)31-25-20-18-16-14-12-10-8-6-4-2/h21-23H,3-20,24-25H2,1-2H3,(H,30,33)(H,31,34). The zero-order valence-electron chi connectivity index (χ0n) is 22.1. The molecular formula is C29H51N3O2. The molecule has 194 valence electrons. The molecule has 1 rings (SSSR count). The molecule has 0 bridgehead atoms. The van der Waals surface area contributed by atoms with Crippen LogP contribution in [-0.2, 0) is 0 Å². The number of unbranched alkanes of at least 4 members (excludes halogenated alkanes) is 16. The number of hydrogen-bond donors (Lipinski definition) is 2. The molecule has 34 heavy (non-hydrogen) atoms. The number of rotatable bonds is 22. The molecule has 0 aliphatic heterocycles. The van der Waals surface area contributed by atoms with E-state index in [1.807, 2.05) is 0 Å². The van der Waals surface area contributed by atoms with Gasteiger partial charge in [0.25, 0.3) is 11.8 Å². The van der Waals surface area contributed by atoms with Crippen LogP contribution in [0, 0.1) is 0 Å². The van der Waals surface area contributed by atoms with E-state index in [1.54, 1.807) is 18.2 Å².